The summed E-state index contributed by atoms with van der Waals surface area (Å²) < 4.78 is 5.37. The van der Waals surface area contributed by atoms with Gasteiger partial charge < -0.3 is 14.9 Å². The molecule has 2 unspecified atom stereocenters. The first-order chi connectivity index (χ1) is 9.11. The van der Waals surface area contributed by atoms with Crippen LogP contribution in [0.2, 0.25) is 0 Å². The Morgan fingerprint density at radius 3 is 2.40 bits per heavy atom. The van der Waals surface area contributed by atoms with Crippen LogP contribution in [0, 0.1) is 11.8 Å². The summed E-state index contributed by atoms with van der Waals surface area (Å²) in [5.41, 5.74) is -0.599. The van der Waals surface area contributed by atoms with Gasteiger partial charge in [0.1, 0.15) is 5.60 Å². The summed E-state index contributed by atoms with van der Waals surface area (Å²) in [6.45, 7) is 6.83. The minimum atomic E-state index is -1.06. The van der Waals surface area contributed by atoms with E-state index < -0.39 is 35.7 Å². The first kappa shape index (κ1) is 15.1. The van der Waals surface area contributed by atoms with Gasteiger partial charge in [-0.25, -0.2) is 4.79 Å². The number of amides is 1. The average molecular weight is 285 g/mol. The number of likely N-dealkylation sites (tertiary alicyclic amines) is 1. The highest BCUT2D eigenvalue weighted by atomic mass is 16.6. The van der Waals surface area contributed by atoms with Gasteiger partial charge >= 0.3 is 12.1 Å². The van der Waals surface area contributed by atoms with Crippen molar-refractivity contribution in [1.82, 2.24) is 4.90 Å². The fourth-order valence-electron chi connectivity index (χ4n) is 2.86. The first-order valence-corrected chi connectivity index (χ1v) is 7.04. The molecule has 20 heavy (non-hydrogen) atoms. The molecular weight excluding hydrogens is 262 g/mol. The molecule has 6 heteroatoms. The lowest BCUT2D eigenvalue weighted by Gasteiger charge is -2.34. The van der Waals surface area contributed by atoms with Crippen LogP contribution in [0.4, 0.5) is 4.79 Å². The molecule has 1 heterocycles. The standard InChI is InChI=1S/C14H23NO5/c1-7(12(17)18)11(16)10-6-8-5-9(8)15(10)13(19)20-14(2,3)4/h7-11,16H,5-6H2,1-4H3,(H,17,18)/t7?,8-,9-,10-,11?/m0/s1. The lowest BCUT2D eigenvalue weighted by Crippen LogP contribution is -2.50. The zero-order valence-electron chi connectivity index (χ0n) is 12.4. The summed E-state index contributed by atoms with van der Waals surface area (Å²) in [4.78, 5) is 24.8. The molecule has 1 aliphatic heterocycles. The highest BCUT2D eigenvalue weighted by molar-refractivity contribution is 5.72. The maximum atomic E-state index is 12.3. The van der Waals surface area contributed by atoms with Crippen molar-refractivity contribution < 1.29 is 24.5 Å². The number of carbonyl (C=O) groups is 2. The SMILES string of the molecule is CC(C(=O)O)C(O)[C@@H]1C[C@@H]2C[C@@H]2N1C(=O)OC(C)(C)C. The summed E-state index contributed by atoms with van der Waals surface area (Å²) in [5.74, 6) is -1.58. The number of hydrogen-bond acceptors (Lipinski definition) is 4. The number of piperidine rings is 1. The molecule has 0 spiro atoms. The van der Waals surface area contributed by atoms with Gasteiger partial charge in [-0.05, 0) is 46.5 Å². The number of aliphatic carboxylic acids is 1. The van der Waals surface area contributed by atoms with Crippen molar-refractivity contribution in [3.63, 3.8) is 0 Å². The third kappa shape index (κ3) is 2.90. The monoisotopic (exact) mass is 285 g/mol. The number of hydrogen-bond donors (Lipinski definition) is 2. The fourth-order valence-corrected chi connectivity index (χ4v) is 2.86. The lowest BCUT2D eigenvalue weighted by atomic mass is 9.95. The molecule has 2 aliphatic rings. The Kier molecular flexibility index (Phi) is 3.71. The summed E-state index contributed by atoms with van der Waals surface area (Å²) in [7, 11) is 0. The van der Waals surface area contributed by atoms with E-state index in [4.69, 9.17) is 9.84 Å². The fraction of sp³-hybridized carbons (Fsp3) is 0.857. The Morgan fingerprint density at radius 2 is 1.90 bits per heavy atom. The second-order valence-electron chi connectivity index (χ2n) is 6.87. The van der Waals surface area contributed by atoms with Gasteiger partial charge in [0.05, 0.1) is 18.1 Å². The van der Waals surface area contributed by atoms with Gasteiger partial charge in [-0.2, -0.15) is 0 Å². The Hall–Kier alpha value is -1.30. The Bertz CT molecular complexity index is 416. The van der Waals surface area contributed by atoms with Gasteiger partial charge in [0.15, 0.2) is 0 Å². The molecule has 2 rings (SSSR count). The van der Waals surface area contributed by atoms with Crippen LogP contribution < -0.4 is 0 Å². The zero-order chi connectivity index (χ0) is 15.2. The van der Waals surface area contributed by atoms with Gasteiger partial charge in [0.2, 0.25) is 0 Å². The molecule has 0 aromatic carbocycles. The van der Waals surface area contributed by atoms with Crippen molar-refractivity contribution in [2.24, 2.45) is 11.8 Å². The highest BCUT2D eigenvalue weighted by Crippen LogP contribution is 2.49. The largest absolute Gasteiger partial charge is 0.481 e. The minimum absolute atomic E-state index is 0.102. The van der Waals surface area contributed by atoms with E-state index >= 15 is 0 Å². The third-order valence-electron chi connectivity index (χ3n) is 4.04. The predicted molar refractivity (Wildman–Crippen MR) is 71.2 cm³/mol. The van der Waals surface area contributed by atoms with Crippen LogP contribution in [-0.4, -0.2) is 51.0 Å². The number of fused-ring (bicyclic) bond motifs is 1. The van der Waals surface area contributed by atoms with Crippen LogP contribution >= 0.6 is 0 Å². The number of carboxylic acid groups (broad SMARTS) is 1. The molecule has 1 saturated carbocycles. The molecule has 114 valence electrons. The number of rotatable bonds is 3. The highest BCUT2D eigenvalue weighted by Gasteiger charge is 2.57. The van der Waals surface area contributed by atoms with Crippen LogP contribution in [0.15, 0.2) is 0 Å². The molecule has 2 fully saturated rings. The Labute approximate surface area is 118 Å². The van der Waals surface area contributed by atoms with Crippen LogP contribution in [0.3, 0.4) is 0 Å². The molecule has 0 bridgehead atoms. The minimum Gasteiger partial charge on any atom is -0.481 e. The second-order valence-corrected chi connectivity index (χ2v) is 6.87. The van der Waals surface area contributed by atoms with E-state index in [1.54, 1.807) is 25.7 Å². The van der Waals surface area contributed by atoms with Crippen molar-refractivity contribution in [3.05, 3.63) is 0 Å². The van der Waals surface area contributed by atoms with Crippen molar-refractivity contribution in [2.75, 3.05) is 0 Å². The van der Waals surface area contributed by atoms with Gasteiger partial charge in [0, 0.05) is 6.04 Å². The third-order valence-corrected chi connectivity index (χ3v) is 4.04. The first-order valence-electron chi connectivity index (χ1n) is 7.04. The predicted octanol–water partition coefficient (Wildman–Crippen LogP) is 1.47. The van der Waals surface area contributed by atoms with Crippen LogP contribution in [0.5, 0.6) is 0 Å². The van der Waals surface area contributed by atoms with Gasteiger partial charge in [0.25, 0.3) is 0 Å². The van der Waals surface area contributed by atoms with E-state index in [0.717, 1.165) is 6.42 Å². The van der Waals surface area contributed by atoms with E-state index in [9.17, 15) is 14.7 Å². The lowest BCUT2D eigenvalue weighted by molar-refractivity contribution is -0.146. The van der Waals surface area contributed by atoms with Crippen LogP contribution in [-0.2, 0) is 9.53 Å². The van der Waals surface area contributed by atoms with E-state index in [1.165, 1.54) is 6.92 Å². The number of carbonyl (C=O) groups excluding carboxylic acids is 1. The topological polar surface area (TPSA) is 87.1 Å². The molecule has 0 radical (unpaired) electrons. The molecule has 0 aromatic rings. The second kappa shape index (κ2) is 4.91. The summed E-state index contributed by atoms with van der Waals surface area (Å²) in [6, 6.07) is -0.356. The number of carboxylic acids is 1. The van der Waals surface area contributed by atoms with Crippen LogP contribution in [0.1, 0.15) is 40.5 Å². The summed E-state index contributed by atoms with van der Waals surface area (Å²) in [5, 5.41) is 19.2. The van der Waals surface area contributed by atoms with E-state index in [1.807, 2.05) is 0 Å². The molecule has 2 N–H and O–H groups in total. The molecule has 1 aliphatic carbocycles. The Morgan fingerprint density at radius 1 is 1.30 bits per heavy atom. The number of aliphatic hydroxyl groups excluding tert-OH is 1. The smallest absolute Gasteiger partial charge is 0.410 e. The zero-order valence-corrected chi connectivity index (χ0v) is 12.4. The molecule has 5 atom stereocenters. The maximum absolute atomic E-state index is 12.3. The Balaban J connectivity index is 2.09. The number of nitrogens with zero attached hydrogens (tertiary/aromatic N) is 1. The maximum Gasteiger partial charge on any atom is 0.410 e. The van der Waals surface area contributed by atoms with Crippen molar-refractivity contribution in [3.8, 4) is 0 Å². The number of aliphatic hydroxyl groups is 1. The van der Waals surface area contributed by atoms with E-state index in [2.05, 4.69) is 0 Å². The molecule has 0 aromatic heterocycles. The van der Waals surface area contributed by atoms with Crippen molar-refractivity contribution >= 4 is 12.1 Å². The molecular formula is C14H23NO5. The number of ether oxygens (including phenoxy) is 1. The van der Waals surface area contributed by atoms with E-state index in [0.29, 0.717) is 12.3 Å². The van der Waals surface area contributed by atoms with Gasteiger partial charge in [-0.3, -0.25) is 9.69 Å². The normalized spacial score (nSPS) is 31.4. The van der Waals surface area contributed by atoms with E-state index in [-0.39, 0.29) is 6.04 Å². The van der Waals surface area contributed by atoms with Crippen LogP contribution in [0.25, 0.3) is 0 Å². The van der Waals surface area contributed by atoms with Crippen molar-refractivity contribution in [2.45, 2.75) is 64.3 Å². The summed E-state index contributed by atoms with van der Waals surface area (Å²) in [6.07, 6.45) is 0.0593. The summed E-state index contributed by atoms with van der Waals surface area (Å²) >= 11 is 0. The quantitative estimate of drug-likeness (QED) is 0.820. The van der Waals surface area contributed by atoms with Gasteiger partial charge in [-0.15, -0.1) is 0 Å². The molecule has 6 nitrogen and oxygen atoms in total. The van der Waals surface area contributed by atoms with Gasteiger partial charge in [-0.1, -0.05) is 0 Å². The molecule has 1 saturated heterocycles. The molecule has 1 amide bonds. The average Bonchev–Trinajstić information content (AvgIpc) is 2.95. The van der Waals surface area contributed by atoms with Crippen molar-refractivity contribution in [1.29, 1.82) is 0 Å².